The van der Waals surface area contributed by atoms with Gasteiger partial charge in [-0.15, -0.1) is 0 Å². The van der Waals surface area contributed by atoms with Crippen molar-refractivity contribution in [3.05, 3.63) is 46.2 Å². The maximum Gasteiger partial charge on any atom is 0.137 e. The lowest BCUT2D eigenvalue weighted by molar-refractivity contribution is 0.594. The van der Waals surface area contributed by atoms with E-state index in [2.05, 4.69) is 47.2 Å². The van der Waals surface area contributed by atoms with Crippen molar-refractivity contribution in [2.75, 3.05) is 6.54 Å². The predicted molar refractivity (Wildman–Crippen MR) is 74.7 cm³/mol. The van der Waals surface area contributed by atoms with Gasteiger partial charge in [0.2, 0.25) is 0 Å². The predicted octanol–water partition coefficient (Wildman–Crippen LogP) is 4.08. The van der Waals surface area contributed by atoms with E-state index in [4.69, 9.17) is 0 Å². The first-order valence-electron chi connectivity index (χ1n) is 5.92. The molecule has 0 heterocycles. The molecule has 0 amide bonds. The summed E-state index contributed by atoms with van der Waals surface area (Å²) < 4.78 is 13.8. The van der Waals surface area contributed by atoms with Gasteiger partial charge < -0.3 is 5.32 Å². The first-order chi connectivity index (χ1) is 8.11. The van der Waals surface area contributed by atoms with E-state index in [-0.39, 0.29) is 5.82 Å². The summed E-state index contributed by atoms with van der Waals surface area (Å²) >= 11 is 3.26. The minimum Gasteiger partial charge on any atom is -0.314 e. The number of benzene rings is 1. The van der Waals surface area contributed by atoms with Crippen LogP contribution < -0.4 is 5.32 Å². The van der Waals surface area contributed by atoms with E-state index in [1.165, 1.54) is 6.07 Å². The third-order valence-corrected chi connectivity index (χ3v) is 3.29. The summed E-state index contributed by atoms with van der Waals surface area (Å²) in [5.41, 5.74) is 0.984. The second kappa shape index (κ2) is 7.62. The highest BCUT2D eigenvalue weighted by molar-refractivity contribution is 9.10. The molecule has 1 nitrogen and oxygen atoms in total. The molecule has 1 aromatic carbocycles. The zero-order chi connectivity index (χ0) is 12.7. The molecule has 0 saturated heterocycles. The zero-order valence-electron chi connectivity index (χ0n) is 10.3. The smallest absolute Gasteiger partial charge is 0.137 e. The van der Waals surface area contributed by atoms with Gasteiger partial charge in [0.1, 0.15) is 5.82 Å². The summed E-state index contributed by atoms with van der Waals surface area (Å²) in [6.45, 7) is 5.25. The molecular weight excluding hydrogens is 281 g/mol. The van der Waals surface area contributed by atoms with Gasteiger partial charge in [-0.25, -0.2) is 4.39 Å². The van der Waals surface area contributed by atoms with Crippen LogP contribution in [0.5, 0.6) is 0 Å². The van der Waals surface area contributed by atoms with Crippen LogP contribution in [-0.4, -0.2) is 12.6 Å². The van der Waals surface area contributed by atoms with Crippen molar-refractivity contribution in [1.82, 2.24) is 5.32 Å². The minimum atomic E-state index is -0.197. The van der Waals surface area contributed by atoms with E-state index < -0.39 is 0 Å². The Morgan fingerprint density at radius 1 is 1.35 bits per heavy atom. The van der Waals surface area contributed by atoms with Crippen LogP contribution in [0.15, 0.2) is 34.8 Å². The molecule has 17 heavy (non-hydrogen) atoms. The summed E-state index contributed by atoms with van der Waals surface area (Å²) in [7, 11) is 0. The first kappa shape index (κ1) is 14.4. The van der Waals surface area contributed by atoms with Crippen molar-refractivity contribution in [1.29, 1.82) is 0 Å². The van der Waals surface area contributed by atoms with Gasteiger partial charge in [0.15, 0.2) is 0 Å². The van der Waals surface area contributed by atoms with E-state index in [1.54, 1.807) is 6.07 Å². The molecule has 0 aliphatic carbocycles. The van der Waals surface area contributed by atoms with Gasteiger partial charge >= 0.3 is 0 Å². The number of halogens is 2. The molecule has 1 N–H and O–H groups in total. The highest BCUT2D eigenvalue weighted by atomic mass is 79.9. The van der Waals surface area contributed by atoms with Gasteiger partial charge in [0.05, 0.1) is 4.47 Å². The number of allylic oxidation sites excluding steroid dienone is 1. The number of hydrogen-bond donors (Lipinski definition) is 1. The van der Waals surface area contributed by atoms with Crippen LogP contribution in [0.4, 0.5) is 4.39 Å². The second-order valence-corrected chi connectivity index (χ2v) is 5.08. The van der Waals surface area contributed by atoms with Crippen molar-refractivity contribution in [2.24, 2.45) is 0 Å². The fourth-order valence-electron chi connectivity index (χ4n) is 1.49. The molecule has 0 fully saturated rings. The summed E-state index contributed by atoms with van der Waals surface area (Å²) in [6, 6.07) is 5.66. The molecule has 0 unspecified atom stereocenters. The molecule has 3 heteroatoms. The molecule has 0 aromatic heterocycles. The van der Waals surface area contributed by atoms with Crippen LogP contribution in [0.1, 0.15) is 25.8 Å². The van der Waals surface area contributed by atoms with Crippen LogP contribution >= 0.6 is 15.9 Å². The average molecular weight is 300 g/mol. The molecule has 0 saturated carbocycles. The molecule has 0 atom stereocenters. The van der Waals surface area contributed by atoms with Crippen molar-refractivity contribution in [2.45, 2.75) is 32.7 Å². The van der Waals surface area contributed by atoms with E-state index in [9.17, 15) is 4.39 Å². The molecule has 1 aromatic rings. The van der Waals surface area contributed by atoms with Gasteiger partial charge in [0, 0.05) is 6.04 Å². The molecule has 0 aliphatic rings. The Labute approximate surface area is 111 Å². The Morgan fingerprint density at radius 2 is 2.12 bits per heavy atom. The van der Waals surface area contributed by atoms with Crippen molar-refractivity contribution in [3.63, 3.8) is 0 Å². The maximum absolute atomic E-state index is 13.2. The van der Waals surface area contributed by atoms with Gasteiger partial charge in [-0.2, -0.15) is 0 Å². The summed E-state index contributed by atoms with van der Waals surface area (Å²) in [5.74, 6) is -0.197. The highest BCUT2D eigenvalue weighted by Gasteiger charge is 2.02. The third-order valence-electron chi connectivity index (χ3n) is 2.40. The first-order valence-corrected chi connectivity index (χ1v) is 6.72. The summed E-state index contributed by atoms with van der Waals surface area (Å²) in [6.07, 6.45) is 5.99. The van der Waals surface area contributed by atoms with E-state index in [0.29, 0.717) is 10.5 Å². The lowest BCUT2D eigenvalue weighted by atomic mass is 10.1. The van der Waals surface area contributed by atoms with Crippen molar-refractivity contribution < 1.29 is 4.39 Å². The highest BCUT2D eigenvalue weighted by Crippen LogP contribution is 2.20. The Kier molecular flexibility index (Phi) is 6.45. The Bertz CT molecular complexity index is 374. The normalized spacial score (nSPS) is 11.6. The Morgan fingerprint density at radius 3 is 2.82 bits per heavy atom. The molecule has 0 bridgehead atoms. The standard InChI is InChI=1S/C14H19BrFN/c1-11(2)17-10-5-3-4-7-12-8-6-9-13(16)14(12)15/h3-4,6,8-9,11,17H,5,7,10H2,1-2H3/b4-3+. The lowest BCUT2D eigenvalue weighted by Gasteiger charge is -2.05. The van der Waals surface area contributed by atoms with Crippen molar-refractivity contribution >= 4 is 15.9 Å². The number of nitrogens with one attached hydrogen (secondary N) is 1. The van der Waals surface area contributed by atoms with Gasteiger partial charge in [-0.05, 0) is 46.9 Å². The molecule has 94 valence electrons. The van der Waals surface area contributed by atoms with Crippen molar-refractivity contribution in [3.8, 4) is 0 Å². The van der Waals surface area contributed by atoms with E-state index in [0.717, 1.165) is 24.9 Å². The Hall–Kier alpha value is -0.670. The topological polar surface area (TPSA) is 12.0 Å². The molecule has 0 spiro atoms. The minimum absolute atomic E-state index is 0.197. The van der Waals surface area contributed by atoms with E-state index in [1.807, 2.05) is 6.07 Å². The molecule has 0 radical (unpaired) electrons. The second-order valence-electron chi connectivity index (χ2n) is 4.29. The summed E-state index contributed by atoms with van der Waals surface area (Å²) in [4.78, 5) is 0. The van der Waals surface area contributed by atoms with Gasteiger partial charge in [0.25, 0.3) is 0 Å². The van der Waals surface area contributed by atoms with Crippen LogP contribution in [0.3, 0.4) is 0 Å². The SMILES string of the molecule is CC(C)NCC/C=C/Cc1cccc(F)c1Br. The monoisotopic (exact) mass is 299 g/mol. The fraction of sp³-hybridized carbons (Fsp3) is 0.429. The largest absolute Gasteiger partial charge is 0.314 e. The molecule has 0 aliphatic heterocycles. The fourth-order valence-corrected chi connectivity index (χ4v) is 1.92. The van der Waals surface area contributed by atoms with Crippen LogP contribution in [0.25, 0.3) is 0 Å². The Balaban J connectivity index is 2.35. The van der Waals surface area contributed by atoms with Crippen LogP contribution in [0.2, 0.25) is 0 Å². The van der Waals surface area contributed by atoms with Gasteiger partial charge in [-0.3, -0.25) is 0 Å². The number of rotatable bonds is 6. The zero-order valence-corrected chi connectivity index (χ0v) is 11.9. The van der Waals surface area contributed by atoms with Crippen LogP contribution in [0, 0.1) is 5.82 Å². The maximum atomic E-state index is 13.2. The third kappa shape index (κ3) is 5.46. The number of hydrogen-bond acceptors (Lipinski definition) is 1. The molecular formula is C14H19BrFN. The van der Waals surface area contributed by atoms with Gasteiger partial charge in [-0.1, -0.05) is 38.1 Å². The quantitative estimate of drug-likeness (QED) is 0.617. The van der Waals surface area contributed by atoms with Crippen LogP contribution in [-0.2, 0) is 6.42 Å². The van der Waals surface area contributed by atoms with E-state index >= 15 is 0 Å². The average Bonchev–Trinajstić information content (AvgIpc) is 2.28. The molecule has 1 rings (SSSR count). The summed E-state index contributed by atoms with van der Waals surface area (Å²) in [5, 5.41) is 3.34. The lowest BCUT2D eigenvalue weighted by Crippen LogP contribution is -2.23.